The lowest BCUT2D eigenvalue weighted by Crippen LogP contribution is -2.08. The third kappa shape index (κ3) is 8.65. The molecule has 2 aromatic carbocycles. The lowest BCUT2D eigenvalue weighted by atomic mass is 10.1. The molecule has 0 amide bonds. The summed E-state index contributed by atoms with van der Waals surface area (Å²) in [6, 6.07) is 16.4. The van der Waals surface area contributed by atoms with Crippen LogP contribution in [0, 0.1) is 0 Å². The van der Waals surface area contributed by atoms with Crippen molar-refractivity contribution in [3.8, 4) is 0 Å². The Morgan fingerprint density at radius 3 is 1.48 bits per heavy atom. The average Bonchev–Trinajstić information content (AvgIpc) is 3.97. The summed E-state index contributed by atoms with van der Waals surface area (Å²) in [7, 11) is 0. The SMILES string of the molecule is CCOC(=O)c1cn(Cc2ccc(Cn3cc4c(n3)CCOC4)cc2)nn1.O=C(O)c1cn(Cc2ccc(Cn3cc4c(n3)CCOC4)cc2)nn1. The minimum atomic E-state index is -1.08. The smallest absolute Gasteiger partial charge is 0.360 e. The Morgan fingerprint density at radius 1 is 0.654 bits per heavy atom. The number of aromatic nitrogens is 10. The van der Waals surface area contributed by atoms with Crippen LogP contribution in [0.2, 0.25) is 0 Å². The number of hydrogen-bond donors (Lipinski definition) is 1. The highest BCUT2D eigenvalue weighted by atomic mass is 16.5. The standard InChI is InChI=1S/C19H21N5O3.C17H17N5O3/c1-2-27-19(25)18-12-24(22-20-18)10-15-5-3-14(4-6-15)9-23-11-16-13-26-8-7-17(16)21-23;23-17(24)16-10-22(20-18-16)8-13-3-1-12(2-4-13)7-21-9-14-11-25-6-5-15(14)19-21/h3-6,11-12H,2,7-10,13H2,1H3;1-4,9-10H,5-8,11H2,(H,23,24). The number of benzene rings is 2. The molecule has 268 valence electrons. The number of nitrogens with zero attached hydrogens (tertiary/aromatic N) is 10. The van der Waals surface area contributed by atoms with Gasteiger partial charge >= 0.3 is 11.9 Å². The third-order valence-corrected chi connectivity index (χ3v) is 8.54. The quantitative estimate of drug-likeness (QED) is 0.195. The van der Waals surface area contributed by atoms with Crippen LogP contribution in [0.5, 0.6) is 0 Å². The van der Waals surface area contributed by atoms with Crippen LogP contribution in [0.4, 0.5) is 0 Å². The number of carbonyl (C=O) groups is 2. The van der Waals surface area contributed by atoms with E-state index < -0.39 is 11.9 Å². The average molecular weight is 707 g/mol. The molecule has 0 spiro atoms. The molecule has 52 heavy (non-hydrogen) atoms. The number of esters is 1. The molecule has 2 aliphatic heterocycles. The van der Waals surface area contributed by atoms with E-state index in [4.69, 9.17) is 19.3 Å². The fraction of sp³-hybridized carbons (Fsp3) is 0.333. The van der Waals surface area contributed by atoms with E-state index in [0.29, 0.717) is 39.5 Å². The normalized spacial score (nSPS) is 13.5. The Balaban J connectivity index is 0.000000162. The Morgan fingerprint density at radius 2 is 1.08 bits per heavy atom. The molecule has 0 saturated carbocycles. The minimum Gasteiger partial charge on any atom is -0.476 e. The van der Waals surface area contributed by atoms with Gasteiger partial charge in [-0.3, -0.25) is 9.36 Å². The molecule has 0 radical (unpaired) electrons. The fourth-order valence-electron chi connectivity index (χ4n) is 5.93. The minimum absolute atomic E-state index is 0.0525. The second-order valence-corrected chi connectivity index (χ2v) is 12.5. The molecule has 8 rings (SSSR count). The highest BCUT2D eigenvalue weighted by Crippen LogP contribution is 2.17. The zero-order chi connectivity index (χ0) is 35.9. The summed E-state index contributed by atoms with van der Waals surface area (Å²) in [4.78, 5) is 22.5. The molecule has 0 atom stereocenters. The van der Waals surface area contributed by atoms with Gasteiger partial charge in [-0.05, 0) is 29.2 Å². The molecule has 1 N–H and O–H groups in total. The maximum atomic E-state index is 11.6. The van der Waals surface area contributed by atoms with Gasteiger partial charge in [0, 0.05) is 36.4 Å². The van der Waals surface area contributed by atoms with Crippen LogP contribution >= 0.6 is 0 Å². The number of aromatic carboxylic acids is 1. The van der Waals surface area contributed by atoms with Crippen molar-refractivity contribution in [1.82, 2.24) is 49.5 Å². The van der Waals surface area contributed by atoms with E-state index in [1.807, 2.05) is 52.0 Å². The first-order valence-electron chi connectivity index (χ1n) is 17.0. The van der Waals surface area contributed by atoms with Crippen molar-refractivity contribution in [3.05, 3.63) is 129 Å². The maximum Gasteiger partial charge on any atom is 0.360 e. The number of carboxylic acids is 1. The third-order valence-electron chi connectivity index (χ3n) is 8.54. The first kappa shape index (κ1) is 34.4. The summed E-state index contributed by atoms with van der Waals surface area (Å²) in [6.07, 6.45) is 8.89. The summed E-state index contributed by atoms with van der Waals surface area (Å²) >= 11 is 0. The molecule has 4 aromatic heterocycles. The summed E-state index contributed by atoms with van der Waals surface area (Å²) in [5.41, 5.74) is 9.21. The van der Waals surface area contributed by atoms with E-state index in [-0.39, 0.29) is 11.4 Å². The van der Waals surface area contributed by atoms with E-state index in [9.17, 15) is 9.59 Å². The Hall–Kier alpha value is -6.00. The van der Waals surface area contributed by atoms with E-state index >= 15 is 0 Å². The van der Waals surface area contributed by atoms with Crippen LogP contribution in [0.1, 0.15) is 72.7 Å². The number of hydrogen-bond acceptors (Lipinski definition) is 11. The van der Waals surface area contributed by atoms with Gasteiger partial charge in [-0.25, -0.2) is 19.0 Å². The van der Waals surface area contributed by atoms with Gasteiger partial charge < -0.3 is 19.3 Å². The molecule has 6 heterocycles. The second kappa shape index (κ2) is 15.9. The Bertz CT molecular complexity index is 2080. The van der Waals surface area contributed by atoms with E-state index in [1.54, 1.807) is 17.8 Å². The molecular formula is C36H38N10O6. The summed E-state index contributed by atoms with van der Waals surface area (Å²) in [5, 5.41) is 33.4. The van der Waals surface area contributed by atoms with Crippen LogP contribution in [0.15, 0.2) is 73.3 Å². The zero-order valence-electron chi connectivity index (χ0n) is 28.7. The number of fused-ring (bicyclic) bond motifs is 2. The highest BCUT2D eigenvalue weighted by Gasteiger charge is 2.16. The van der Waals surface area contributed by atoms with Crippen LogP contribution in [0.25, 0.3) is 0 Å². The van der Waals surface area contributed by atoms with Crippen molar-refractivity contribution < 1.29 is 28.9 Å². The molecule has 0 fully saturated rings. The van der Waals surface area contributed by atoms with E-state index in [0.717, 1.165) is 60.7 Å². The largest absolute Gasteiger partial charge is 0.476 e. The summed E-state index contributed by atoms with van der Waals surface area (Å²) in [5.74, 6) is -1.53. The molecule has 0 unspecified atom stereocenters. The molecule has 16 heteroatoms. The fourth-order valence-corrected chi connectivity index (χ4v) is 5.93. The van der Waals surface area contributed by atoms with Crippen molar-refractivity contribution in [2.45, 2.75) is 59.2 Å². The van der Waals surface area contributed by atoms with Crippen LogP contribution in [-0.4, -0.2) is 86.4 Å². The molecular weight excluding hydrogens is 668 g/mol. The monoisotopic (exact) mass is 706 g/mol. The maximum absolute atomic E-state index is 11.6. The van der Waals surface area contributed by atoms with E-state index in [1.165, 1.54) is 27.6 Å². The van der Waals surface area contributed by atoms with Crippen LogP contribution < -0.4 is 0 Å². The summed E-state index contributed by atoms with van der Waals surface area (Å²) in [6.45, 7) is 7.32. The van der Waals surface area contributed by atoms with Crippen LogP contribution in [0.3, 0.4) is 0 Å². The Labute approximate surface area is 298 Å². The lowest BCUT2D eigenvalue weighted by molar-refractivity contribution is 0.0518. The Kier molecular flexibility index (Phi) is 10.5. The molecule has 0 saturated heterocycles. The highest BCUT2D eigenvalue weighted by molar-refractivity contribution is 5.86. The molecule has 0 aliphatic carbocycles. The van der Waals surface area contributed by atoms with Crippen molar-refractivity contribution >= 4 is 11.9 Å². The van der Waals surface area contributed by atoms with Crippen LogP contribution in [-0.2, 0) is 66.4 Å². The van der Waals surface area contributed by atoms with Gasteiger partial charge in [-0.2, -0.15) is 10.2 Å². The second-order valence-electron chi connectivity index (χ2n) is 12.5. The van der Waals surface area contributed by atoms with E-state index in [2.05, 4.69) is 49.2 Å². The molecule has 2 aliphatic rings. The number of rotatable bonds is 11. The van der Waals surface area contributed by atoms with Gasteiger partial charge in [0.05, 0.1) is 83.0 Å². The molecule has 0 bridgehead atoms. The van der Waals surface area contributed by atoms with Crippen molar-refractivity contribution in [3.63, 3.8) is 0 Å². The number of carboxylic acid groups (broad SMARTS) is 1. The number of carbonyl (C=O) groups excluding carboxylic acids is 1. The van der Waals surface area contributed by atoms with Gasteiger partial charge in [-0.15, -0.1) is 10.2 Å². The molecule has 6 aromatic rings. The van der Waals surface area contributed by atoms with Gasteiger partial charge in [0.1, 0.15) is 0 Å². The van der Waals surface area contributed by atoms with Crippen molar-refractivity contribution in [2.24, 2.45) is 0 Å². The van der Waals surface area contributed by atoms with Crippen molar-refractivity contribution in [1.29, 1.82) is 0 Å². The number of ether oxygens (including phenoxy) is 3. The lowest BCUT2D eigenvalue weighted by Gasteiger charge is -2.08. The van der Waals surface area contributed by atoms with Gasteiger partial charge in [0.25, 0.3) is 0 Å². The predicted octanol–water partition coefficient (Wildman–Crippen LogP) is 3.16. The van der Waals surface area contributed by atoms with Gasteiger partial charge in [0.15, 0.2) is 11.4 Å². The van der Waals surface area contributed by atoms with Gasteiger partial charge in [-0.1, -0.05) is 59.0 Å². The first-order chi connectivity index (χ1) is 25.4. The zero-order valence-corrected chi connectivity index (χ0v) is 28.7. The summed E-state index contributed by atoms with van der Waals surface area (Å²) < 4.78 is 22.9. The predicted molar refractivity (Wildman–Crippen MR) is 183 cm³/mol. The molecule has 16 nitrogen and oxygen atoms in total. The topological polar surface area (TPSA) is 179 Å². The first-order valence-corrected chi connectivity index (χ1v) is 17.0. The van der Waals surface area contributed by atoms with Gasteiger partial charge in [0.2, 0.25) is 0 Å². The van der Waals surface area contributed by atoms with Crippen molar-refractivity contribution in [2.75, 3.05) is 19.8 Å².